The van der Waals surface area contributed by atoms with Crippen LogP contribution in [-0.2, 0) is 19.3 Å². The fraction of sp³-hybridized carbons (Fsp3) is 0.160. The third kappa shape index (κ3) is 2.42. The molecule has 5 nitrogen and oxygen atoms in total. The number of imide groups is 1. The molecular formula is C25H15Cl3N2O3. The van der Waals surface area contributed by atoms with Gasteiger partial charge in [-0.1, -0.05) is 72.3 Å². The van der Waals surface area contributed by atoms with Crippen molar-refractivity contribution in [3.63, 3.8) is 0 Å². The Kier molecular flexibility index (Phi) is 4.29. The number of carbonyl (C=O) groups is 3. The summed E-state index contributed by atoms with van der Waals surface area (Å²) in [6.45, 7) is 0. The number of amides is 3. The van der Waals surface area contributed by atoms with E-state index in [4.69, 9.17) is 34.8 Å². The number of halogens is 3. The highest BCUT2D eigenvalue weighted by Gasteiger charge is 2.73. The van der Waals surface area contributed by atoms with E-state index in [0.717, 1.165) is 5.01 Å². The van der Waals surface area contributed by atoms with Crippen LogP contribution in [0.4, 0.5) is 0 Å². The predicted octanol–water partition coefficient (Wildman–Crippen LogP) is 4.58. The SMILES string of the molecule is O=C(NN1C(=O)[C@@H]2[C@@H](C1=O)C1(Cl)c3ccccc3C2(Cl)c2ccccc21)c1ccccc1Cl. The number of alkyl halides is 2. The molecule has 1 saturated heterocycles. The fourth-order valence-corrected chi connectivity index (χ4v) is 6.90. The van der Waals surface area contributed by atoms with Crippen molar-refractivity contribution in [2.75, 3.05) is 0 Å². The maximum absolute atomic E-state index is 13.7. The van der Waals surface area contributed by atoms with Crippen molar-refractivity contribution in [2.45, 2.75) is 9.75 Å². The van der Waals surface area contributed by atoms with Gasteiger partial charge in [-0.2, -0.15) is 5.01 Å². The molecule has 1 heterocycles. The van der Waals surface area contributed by atoms with E-state index < -0.39 is 39.3 Å². The molecule has 3 aliphatic carbocycles. The van der Waals surface area contributed by atoms with E-state index >= 15 is 0 Å². The maximum atomic E-state index is 13.7. The molecule has 0 saturated carbocycles. The van der Waals surface area contributed by atoms with Crippen molar-refractivity contribution in [1.82, 2.24) is 10.4 Å². The van der Waals surface area contributed by atoms with Crippen molar-refractivity contribution in [3.8, 4) is 0 Å². The van der Waals surface area contributed by atoms with Crippen LogP contribution in [0.3, 0.4) is 0 Å². The Morgan fingerprint density at radius 1 is 0.727 bits per heavy atom. The lowest BCUT2D eigenvalue weighted by molar-refractivity contribution is -0.142. The normalized spacial score (nSPS) is 28.9. The van der Waals surface area contributed by atoms with E-state index in [2.05, 4.69) is 5.43 Å². The molecule has 2 bridgehead atoms. The summed E-state index contributed by atoms with van der Waals surface area (Å²) < 4.78 is 0. The molecule has 1 fully saturated rings. The van der Waals surface area contributed by atoms with Crippen molar-refractivity contribution in [1.29, 1.82) is 0 Å². The highest BCUT2D eigenvalue weighted by molar-refractivity contribution is 6.36. The second kappa shape index (κ2) is 6.83. The van der Waals surface area contributed by atoms with Gasteiger partial charge in [0, 0.05) is 0 Å². The molecule has 8 heteroatoms. The topological polar surface area (TPSA) is 66.5 Å². The van der Waals surface area contributed by atoms with Gasteiger partial charge >= 0.3 is 0 Å². The highest BCUT2D eigenvalue weighted by atomic mass is 35.5. The van der Waals surface area contributed by atoms with Gasteiger partial charge in [-0.3, -0.25) is 19.8 Å². The van der Waals surface area contributed by atoms with Gasteiger partial charge < -0.3 is 0 Å². The van der Waals surface area contributed by atoms with E-state index in [1.54, 1.807) is 18.2 Å². The lowest BCUT2D eigenvalue weighted by Gasteiger charge is -2.54. The molecule has 4 aliphatic rings. The third-order valence-corrected chi connectivity index (χ3v) is 8.53. The molecular weight excluding hydrogens is 483 g/mol. The molecule has 0 spiro atoms. The second-order valence-electron chi connectivity index (χ2n) is 8.40. The number of rotatable bonds is 2. The van der Waals surface area contributed by atoms with Crippen LogP contribution in [0.15, 0.2) is 72.8 Å². The van der Waals surface area contributed by atoms with Gasteiger partial charge in [0.15, 0.2) is 0 Å². The Bertz CT molecular complexity index is 1270. The van der Waals surface area contributed by atoms with Crippen LogP contribution in [0.25, 0.3) is 0 Å². The zero-order valence-electron chi connectivity index (χ0n) is 16.9. The number of carbonyl (C=O) groups excluding carboxylic acids is 3. The van der Waals surface area contributed by atoms with Crippen LogP contribution >= 0.6 is 34.8 Å². The molecule has 1 aliphatic heterocycles. The van der Waals surface area contributed by atoms with Crippen LogP contribution in [0.5, 0.6) is 0 Å². The molecule has 0 radical (unpaired) electrons. The summed E-state index contributed by atoms with van der Waals surface area (Å²) in [5.74, 6) is -3.85. The van der Waals surface area contributed by atoms with Gasteiger partial charge in [-0.25, -0.2) is 0 Å². The van der Waals surface area contributed by atoms with Crippen LogP contribution in [0.2, 0.25) is 5.02 Å². The molecule has 1 N–H and O–H groups in total. The molecule has 0 unspecified atom stereocenters. The van der Waals surface area contributed by atoms with Crippen LogP contribution in [-0.4, -0.2) is 22.7 Å². The van der Waals surface area contributed by atoms with Crippen LogP contribution in [0.1, 0.15) is 32.6 Å². The van der Waals surface area contributed by atoms with Crippen molar-refractivity contribution < 1.29 is 14.4 Å². The summed E-state index contributed by atoms with van der Waals surface area (Å²) in [6.07, 6.45) is 0. The van der Waals surface area contributed by atoms with E-state index in [0.29, 0.717) is 22.3 Å². The monoisotopic (exact) mass is 496 g/mol. The van der Waals surface area contributed by atoms with Gasteiger partial charge in [0.25, 0.3) is 17.7 Å². The molecule has 33 heavy (non-hydrogen) atoms. The first-order chi connectivity index (χ1) is 15.8. The summed E-state index contributed by atoms with van der Waals surface area (Å²) in [4.78, 5) is 37.6. The largest absolute Gasteiger partial charge is 0.272 e. The minimum Gasteiger partial charge on any atom is -0.272 e. The Morgan fingerprint density at radius 2 is 1.12 bits per heavy atom. The lowest BCUT2D eigenvalue weighted by Crippen LogP contribution is -2.57. The minimum absolute atomic E-state index is 0.144. The Morgan fingerprint density at radius 3 is 1.55 bits per heavy atom. The zero-order valence-corrected chi connectivity index (χ0v) is 19.2. The van der Waals surface area contributed by atoms with Gasteiger partial charge in [0.05, 0.1) is 22.4 Å². The van der Waals surface area contributed by atoms with Gasteiger partial charge in [0.2, 0.25) is 0 Å². The van der Waals surface area contributed by atoms with Crippen LogP contribution in [0, 0.1) is 11.8 Å². The van der Waals surface area contributed by atoms with Gasteiger partial charge in [-0.15, -0.1) is 23.2 Å². The first-order valence-corrected chi connectivity index (χ1v) is 11.5. The number of hydrogen-bond acceptors (Lipinski definition) is 3. The van der Waals surface area contributed by atoms with E-state index in [9.17, 15) is 14.4 Å². The number of benzene rings is 3. The number of nitrogens with one attached hydrogen (secondary N) is 1. The maximum Gasteiger partial charge on any atom is 0.271 e. The summed E-state index contributed by atoms with van der Waals surface area (Å²) in [5.41, 5.74) is 5.37. The third-order valence-electron chi connectivity index (χ3n) is 6.92. The molecule has 7 rings (SSSR count). The zero-order chi connectivity index (χ0) is 23.1. The second-order valence-corrected chi connectivity index (χ2v) is 10.0. The number of hydrogen-bond donors (Lipinski definition) is 1. The minimum atomic E-state index is -1.30. The molecule has 164 valence electrons. The smallest absolute Gasteiger partial charge is 0.271 e. The summed E-state index contributed by atoms with van der Waals surface area (Å²) in [6, 6.07) is 21.1. The van der Waals surface area contributed by atoms with Crippen molar-refractivity contribution >= 4 is 52.5 Å². The highest BCUT2D eigenvalue weighted by Crippen LogP contribution is 2.69. The van der Waals surface area contributed by atoms with E-state index in [1.165, 1.54) is 6.07 Å². The first kappa shape index (κ1) is 20.7. The van der Waals surface area contributed by atoms with E-state index in [1.807, 2.05) is 48.5 Å². The summed E-state index contributed by atoms with van der Waals surface area (Å²) >= 11 is 20.8. The predicted molar refractivity (Wildman–Crippen MR) is 124 cm³/mol. The Balaban J connectivity index is 1.51. The number of hydrazine groups is 1. The van der Waals surface area contributed by atoms with Crippen LogP contribution < -0.4 is 5.43 Å². The van der Waals surface area contributed by atoms with Gasteiger partial charge in [-0.05, 0) is 34.4 Å². The molecule has 0 aromatic heterocycles. The molecule has 3 aromatic rings. The average Bonchev–Trinajstić information content (AvgIpc) is 3.08. The van der Waals surface area contributed by atoms with Gasteiger partial charge in [0.1, 0.15) is 9.75 Å². The summed E-state index contributed by atoms with van der Waals surface area (Å²) in [7, 11) is 0. The average molecular weight is 498 g/mol. The Labute approximate surface area is 204 Å². The molecule has 3 amide bonds. The molecule has 3 aromatic carbocycles. The fourth-order valence-electron chi connectivity index (χ4n) is 5.58. The Hall–Kier alpha value is -2.86. The van der Waals surface area contributed by atoms with Crippen molar-refractivity contribution in [3.05, 3.63) is 106 Å². The quantitative estimate of drug-likeness (QED) is 0.416. The summed E-state index contributed by atoms with van der Waals surface area (Å²) in [5, 5.41) is 0.960. The standard InChI is InChI=1S/C25H15Cl3N2O3/c26-18-12-6-1-7-13(18)21(31)29-30-22(32)19-20(23(30)33)25(28)15-9-3-2-8-14(15)24(19,27)16-10-4-5-11-17(16)25/h1-12,19-20H,(H,29,31)/t19-,20-,24?,25?/m0/s1. The number of nitrogens with zero attached hydrogens (tertiary/aromatic N) is 1. The van der Waals surface area contributed by atoms with E-state index in [-0.39, 0.29) is 10.6 Å². The van der Waals surface area contributed by atoms with Crippen molar-refractivity contribution in [2.24, 2.45) is 11.8 Å². The molecule has 2 atom stereocenters. The lowest BCUT2D eigenvalue weighted by atomic mass is 9.54. The first-order valence-electron chi connectivity index (χ1n) is 10.3.